The van der Waals surface area contributed by atoms with Crippen LogP contribution in [0, 0.1) is 0 Å². The first kappa shape index (κ1) is 31.2. The second kappa shape index (κ2) is 14.0. The normalized spacial score (nSPS) is 16.2. The quantitative estimate of drug-likeness (QED) is 0.238. The Labute approximate surface area is 259 Å². The zero-order chi connectivity index (χ0) is 31.1. The summed E-state index contributed by atoms with van der Waals surface area (Å²) in [7, 11) is -3.92. The molecule has 1 N–H and O–H groups in total. The molecule has 3 aromatic rings. The fourth-order valence-electron chi connectivity index (χ4n) is 5.93. The van der Waals surface area contributed by atoms with Gasteiger partial charge in [-0.25, -0.2) is 13.2 Å². The molecule has 1 amide bonds. The molecular weight excluding hydrogens is 578 g/mol. The van der Waals surface area contributed by atoms with E-state index in [1.54, 1.807) is 73.6 Å². The first-order valence-corrected chi connectivity index (χ1v) is 16.7. The third-order valence-corrected chi connectivity index (χ3v) is 9.59. The maximum absolute atomic E-state index is 13.5. The number of para-hydroxylation sites is 1. The van der Waals surface area contributed by atoms with Crippen LogP contribution in [0.2, 0.25) is 0 Å². The highest BCUT2D eigenvalue weighted by atomic mass is 32.2. The van der Waals surface area contributed by atoms with Crippen molar-refractivity contribution in [3.63, 3.8) is 0 Å². The lowest BCUT2D eigenvalue weighted by Gasteiger charge is -2.36. The van der Waals surface area contributed by atoms with Gasteiger partial charge in [0.05, 0.1) is 29.7 Å². The molecule has 0 atom stereocenters. The highest BCUT2D eigenvalue weighted by Crippen LogP contribution is 2.40. The molecule has 44 heavy (non-hydrogen) atoms. The number of sulfonamides is 1. The topological polar surface area (TPSA) is 121 Å². The van der Waals surface area contributed by atoms with E-state index in [0.717, 1.165) is 36.9 Å². The zero-order valence-corrected chi connectivity index (χ0v) is 26.1. The molecule has 0 bridgehead atoms. The fourth-order valence-corrected chi connectivity index (χ4v) is 7.17. The maximum Gasteiger partial charge on any atom is 0.339 e. The Morgan fingerprint density at radius 3 is 2.41 bits per heavy atom. The molecule has 1 saturated carbocycles. The molecule has 2 aromatic carbocycles. The van der Waals surface area contributed by atoms with Crippen LogP contribution < -0.4 is 9.62 Å². The Bertz CT molecular complexity index is 1610. The number of benzene rings is 2. The number of pyridine rings is 1. The van der Waals surface area contributed by atoms with E-state index in [-0.39, 0.29) is 10.8 Å². The number of esters is 1. The summed E-state index contributed by atoms with van der Waals surface area (Å²) < 4.78 is 34.8. The molecule has 0 radical (unpaired) electrons. The van der Waals surface area contributed by atoms with Gasteiger partial charge in [0, 0.05) is 49.8 Å². The van der Waals surface area contributed by atoms with Crippen LogP contribution >= 0.6 is 0 Å². The number of aliphatic imine (C=N–C) groups is 1. The summed E-state index contributed by atoms with van der Waals surface area (Å²) in [5.74, 6) is -0.238. The number of nitrogens with zero attached hydrogens (tertiary/aromatic N) is 4. The van der Waals surface area contributed by atoms with Gasteiger partial charge in [0.2, 0.25) is 0 Å². The molecule has 2 fully saturated rings. The molecule has 1 aromatic heterocycles. The summed E-state index contributed by atoms with van der Waals surface area (Å²) >= 11 is 0. The summed E-state index contributed by atoms with van der Waals surface area (Å²) in [4.78, 5) is 38.0. The van der Waals surface area contributed by atoms with Crippen LogP contribution in [0.25, 0.3) is 0 Å². The summed E-state index contributed by atoms with van der Waals surface area (Å²) in [6.07, 6.45) is 10.4. The summed E-state index contributed by atoms with van der Waals surface area (Å²) in [6.45, 7) is 6.00. The van der Waals surface area contributed by atoms with E-state index in [9.17, 15) is 18.0 Å². The van der Waals surface area contributed by atoms with E-state index < -0.39 is 16.0 Å². The molecule has 10 nitrogen and oxygen atoms in total. The van der Waals surface area contributed by atoms with Gasteiger partial charge in [-0.3, -0.25) is 19.5 Å². The van der Waals surface area contributed by atoms with Crippen molar-refractivity contribution < 1.29 is 22.7 Å². The number of piperazine rings is 1. The van der Waals surface area contributed by atoms with Crippen LogP contribution in [-0.2, 0) is 14.8 Å². The Balaban J connectivity index is 1.24. The van der Waals surface area contributed by atoms with Gasteiger partial charge in [0.15, 0.2) is 0 Å². The van der Waals surface area contributed by atoms with Crippen molar-refractivity contribution in [3.05, 3.63) is 77.6 Å². The third kappa shape index (κ3) is 7.10. The average molecular weight is 618 g/mol. The SMILES string of the molecule is C/C=N\c1c(C2CCCCC2)cccc1S(=O)(=O)Nc1ccc(C(=O)N2CCN(c3cncc(C(=O)OCC)c3)CC2)cc1. The van der Waals surface area contributed by atoms with Gasteiger partial charge in [-0.15, -0.1) is 0 Å². The minimum atomic E-state index is -3.92. The van der Waals surface area contributed by atoms with Crippen molar-refractivity contribution in [2.75, 3.05) is 42.4 Å². The Morgan fingerprint density at radius 1 is 1.00 bits per heavy atom. The molecule has 1 aliphatic heterocycles. The smallest absolute Gasteiger partial charge is 0.339 e. The summed E-state index contributed by atoms with van der Waals surface area (Å²) in [6, 6.07) is 13.6. The van der Waals surface area contributed by atoms with Gasteiger partial charge in [0.1, 0.15) is 4.90 Å². The zero-order valence-electron chi connectivity index (χ0n) is 25.2. The first-order chi connectivity index (χ1) is 21.3. The number of aromatic nitrogens is 1. The second-order valence-electron chi connectivity index (χ2n) is 11.0. The van der Waals surface area contributed by atoms with E-state index in [1.165, 1.54) is 12.6 Å². The van der Waals surface area contributed by atoms with Crippen LogP contribution in [0.5, 0.6) is 0 Å². The van der Waals surface area contributed by atoms with Crippen molar-refractivity contribution in [2.45, 2.75) is 56.8 Å². The molecule has 2 heterocycles. The van der Waals surface area contributed by atoms with Crippen LogP contribution in [0.15, 0.2) is 70.8 Å². The molecule has 0 spiro atoms. The fraction of sp³-hybridized carbons (Fsp3) is 0.394. The van der Waals surface area contributed by atoms with Crippen LogP contribution in [0.3, 0.4) is 0 Å². The number of hydrogen-bond donors (Lipinski definition) is 1. The predicted molar refractivity (Wildman–Crippen MR) is 172 cm³/mol. The third-order valence-electron chi connectivity index (χ3n) is 8.17. The molecule has 11 heteroatoms. The van der Waals surface area contributed by atoms with Gasteiger partial charge >= 0.3 is 5.97 Å². The number of amides is 1. The number of carbonyl (C=O) groups excluding carboxylic acids is 2. The van der Waals surface area contributed by atoms with Crippen molar-refractivity contribution in [1.82, 2.24) is 9.88 Å². The number of nitrogens with one attached hydrogen (secondary N) is 1. The Kier molecular flexibility index (Phi) is 9.94. The molecule has 232 valence electrons. The van der Waals surface area contributed by atoms with Crippen LogP contribution in [0.4, 0.5) is 17.1 Å². The summed E-state index contributed by atoms with van der Waals surface area (Å²) in [5.41, 5.74) is 3.53. The van der Waals surface area contributed by atoms with E-state index in [1.807, 2.05) is 6.07 Å². The van der Waals surface area contributed by atoms with Gasteiger partial charge in [-0.2, -0.15) is 0 Å². The van der Waals surface area contributed by atoms with Crippen LogP contribution in [-0.4, -0.2) is 69.2 Å². The second-order valence-corrected chi connectivity index (χ2v) is 12.7. The molecule has 2 aliphatic rings. The lowest BCUT2D eigenvalue weighted by atomic mass is 9.83. The van der Waals surface area contributed by atoms with Gasteiger partial charge in [0.25, 0.3) is 15.9 Å². The van der Waals surface area contributed by atoms with Crippen molar-refractivity contribution >= 4 is 45.2 Å². The van der Waals surface area contributed by atoms with Crippen molar-refractivity contribution in [1.29, 1.82) is 0 Å². The largest absolute Gasteiger partial charge is 0.462 e. The minimum Gasteiger partial charge on any atom is -0.462 e. The Morgan fingerprint density at radius 2 is 1.73 bits per heavy atom. The number of ether oxygens (including phenoxy) is 1. The summed E-state index contributed by atoms with van der Waals surface area (Å²) in [5, 5.41) is 0. The highest BCUT2D eigenvalue weighted by Gasteiger charge is 2.26. The van der Waals surface area contributed by atoms with Crippen LogP contribution in [0.1, 0.15) is 78.1 Å². The number of anilines is 2. The first-order valence-electron chi connectivity index (χ1n) is 15.2. The van der Waals surface area contributed by atoms with Gasteiger partial charge in [-0.1, -0.05) is 31.4 Å². The highest BCUT2D eigenvalue weighted by molar-refractivity contribution is 7.92. The predicted octanol–water partition coefficient (Wildman–Crippen LogP) is 5.79. The molecule has 1 saturated heterocycles. The number of hydrogen-bond acceptors (Lipinski definition) is 8. The van der Waals surface area contributed by atoms with E-state index in [0.29, 0.717) is 61.2 Å². The lowest BCUT2D eigenvalue weighted by Crippen LogP contribution is -2.48. The number of rotatable bonds is 9. The van der Waals surface area contributed by atoms with Gasteiger partial charge < -0.3 is 14.5 Å². The molecule has 0 unspecified atom stereocenters. The maximum atomic E-state index is 13.5. The standard InChI is InChI=1S/C33H39N5O5S/c1-3-35-31-29(24-9-6-5-7-10-24)11-8-12-30(31)44(41,42)36-27-15-13-25(14-16-27)32(39)38-19-17-37(18-20-38)28-21-26(22-34-23-28)33(40)43-4-2/h3,8,11-16,21-24,36H,4-7,9-10,17-20H2,1-2H3/b35-3-. The van der Waals surface area contributed by atoms with E-state index in [2.05, 4.69) is 19.6 Å². The minimum absolute atomic E-state index is 0.128. The lowest BCUT2D eigenvalue weighted by molar-refractivity contribution is 0.0525. The monoisotopic (exact) mass is 617 g/mol. The molecule has 1 aliphatic carbocycles. The van der Waals surface area contributed by atoms with Gasteiger partial charge in [-0.05, 0) is 74.6 Å². The van der Waals surface area contributed by atoms with E-state index >= 15 is 0 Å². The molecule has 5 rings (SSSR count). The van der Waals surface area contributed by atoms with Crippen molar-refractivity contribution in [3.8, 4) is 0 Å². The van der Waals surface area contributed by atoms with E-state index in [4.69, 9.17) is 4.74 Å². The molecular formula is C33H39N5O5S. The Hall–Kier alpha value is -4.25. The average Bonchev–Trinajstić information content (AvgIpc) is 3.05. The number of carbonyl (C=O) groups is 2. The van der Waals surface area contributed by atoms with Crippen molar-refractivity contribution in [2.24, 2.45) is 4.99 Å².